The molecule has 1 amide bonds. The fourth-order valence-corrected chi connectivity index (χ4v) is 3.13. The molecule has 0 saturated heterocycles. The van der Waals surface area contributed by atoms with Gasteiger partial charge in [-0.3, -0.25) is 14.9 Å². The number of nitro benzene ring substituents is 1. The molecule has 0 aliphatic carbocycles. The summed E-state index contributed by atoms with van der Waals surface area (Å²) in [6.45, 7) is 11.3. The molecule has 0 spiro atoms. The zero-order valence-corrected chi connectivity index (χ0v) is 17.6. The highest BCUT2D eigenvalue weighted by molar-refractivity contribution is 6.34. The molecule has 0 unspecified atom stereocenters. The van der Waals surface area contributed by atoms with Crippen molar-refractivity contribution in [1.82, 2.24) is 0 Å². The van der Waals surface area contributed by atoms with Gasteiger partial charge >= 0.3 is 0 Å². The van der Waals surface area contributed by atoms with Crippen LogP contribution >= 0.6 is 11.6 Å². The number of rotatable bonds is 6. The predicted molar refractivity (Wildman–Crippen MR) is 115 cm³/mol. The van der Waals surface area contributed by atoms with Gasteiger partial charge in [-0.1, -0.05) is 44.5 Å². The molecule has 0 fully saturated rings. The molecule has 6 nitrogen and oxygen atoms in total. The van der Waals surface area contributed by atoms with Gasteiger partial charge in [0.2, 0.25) is 0 Å². The highest BCUT2D eigenvalue weighted by atomic mass is 35.5. The minimum absolute atomic E-state index is 0.00462. The number of nitrogens with zero attached hydrogens (tertiary/aromatic N) is 2. The van der Waals surface area contributed by atoms with E-state index in [0.29, 0.717) is 30.0 Å². The van der Waals surface area contributed by atoms with Gasteiger partial charge in [0.15, 0.2) is 0 Å². The summed E-state index contributed by atoms with van der Waals surface area (Å²) in [6, 6.07) is 10.2. The van der Waals surface area contributed by atoms with Crippen LogP contribution in [0, 0.1) is 10.1 Å². The lowest BCUT2D eigenvalue weighted by molar-refractivity contribution is -0.384. The van der Waals surface area contributed by atoms with Crippen molar-refractivity contribution in [3.63, 3.8) is 0 Å². The normalized spacial score (nSPS) is 11.2. The summed E-state index contributed by atoms with van der Waals surface area (Å²) < 4.78 is 0. The van der Waals surface area contributed by atoms with Crippen LogP contribution in [0.1, 0.15) is 50.5 Å². The molecule has 150 valence electrons. The number of nitro groups is 1. The molecule has 0 aromatic heterocycles. The summed E-state index contributed by atoms with van der Waals surface area (Å²) in [5.74, 6) is -0.318. The lowest BCUT2D eigenvalue weighted by atomic mass is 9.87. The lowest BCUT2D eigenvalue weighted by Crippen LogP contribution is -2.23. The summed E-state index contributed by atoms with van der Waals surface area (Å²) >= 11 is 6.22. The maximum absolute atomic E-state index is 12.6. The van der Waals surface area contributed by atoms with Gasteiger partial charge in [0, 0.05) is 24.7 Å². The molecular weight excluding hydrogens is 378 g/mol. The molecular formula is C21H26ClN3O3. The van der Waals surface area contributed by atoms with Gasteiger partial charge in [-0.25, -0.2) is 0 Å². The van der Waals surface area contributed by atoms with E-state index in [1.807, 2.05) is 30.9 Å². The fourth-order valence-electron chi connectivity index (χ4n) is 2.93. The predicted octanol–water partition coefficient (Wildman–Crippen LogP) is 5.64. The molecule has 2 rings (SSSR count). The maximum Gasteiger partial charge on any atom is 0.294 e. The van der Waals surface area contributed by atoms with Gasteiger partial charge in [0.1, 0.15) is 5.69 Å². The van der Waals surface area contributed by atoms with E-state index in [4.69, 9.17) is 11.6 Å². The molecule has 28 heavy (non-hydrogen) atoms. The number of hydrogen-bond donors (Lipinski definition) is 1. The number of hydrogen-bond acceptors (Lipinski definition) is 4. The van der Waals surface area contributed by atoms with Gasteiger partial charge in [-0.15, -0.1) is 0 Å². The minimum Gasteiger partial charge on any atom is -0.366 e. The second kappa shape index (κ2) is 8.61. The number of carbonyl (C=O) groups is 1. The molecule has 7 heteroatoms. The molecule has 0 bridgehead atoms. The van der Waals surface area contributed by atoms with E-state index in [9.17, 15) is 14.9 Å². The Kier molecular flexibility index (Phi) is 6.67. The van der Waals surface area contributed by atoms with Crippen molar-refractivity contribution in [2.75, 3.05) is 23.3 Å². The first-order valence-electron chi connectivity index (χ1n) is 9.23. The van der Waals surface area contributed by atoms with Crippen LogP contribution in [0.2, 0.25) is 5.02 Å². The molecule has 0 atom stereocenters. The summed E-state index contributed by atoms with van der Waals surface area (Å²) in [4.78, 5) is 25.4. The Morgan fingerprint density at radius 1 is 1.14 bits per heavy atom. The first kappa shape index (κ1) is 21.7. The maximum atomic E-state index is 12.6. The zero-order valence-electron chi connectivity index (χ0n) is 16.9. The van der Waals surface area contributed by atoms with Crippen LogP contribution < -0.4 is 10.2 Å². The van der Waals surface area contributed by atoms with Gasteiger partial charge < -0.3 is 10.2 Å². The lowest BCUT2D eigenvalue weighted by Gasteiger charge is -2.22. The number of benzene rings is 2. The van der Waals surface area contributed by atoms with Gasteiger partial charge in [0.05, 0.1) is 15.6 Å². The van der Waals surface area contributed by atoms with Gasteiger partial charge in [-0.2, -0.15) is 0 Å². The van der Waals surface area contributed by atoms with Crippen molar-refractivity contribution in [3.8, 4) is 0 Å². The molecule has 0 radical (unpaired) electrons. The second-order valence-electron chi connectivity index (χ2n) is 7.53. The smallest absolute Gasteiger partial charge is 0.294 e. The molecule has 0 aliphatic heterocycles. The Morgan fingerprint density at radius 3 is 2.18 bits per heavy atom. The van der Waals surface area contributed by atoms with E-state index in [0.717, 1.165) is 5.56 Å². The van der Waals surface area contributed by atoms with E-state index in [1.165, 1.54) is 6.07 Å². The zero-order chi connectivity index (χ0) is 21.1. The fraction of sp³-hybridized carbons (Fsp3) is 0.381. The minimum atomic E-state index is -0.462. The van der Waals surface area contributed by atoms with Gasteiger partial charge in [0.25, 0.3) is 11.6 Å². The van der Waals surface area contributed by atoms with Crippen molar-refractivity contribution in [3.05, 3.63) is 62.7 Å². The number of amides is 1. The van der Waals surface area contributed by atoms with E-state index in [-0.39, 0.29) is 22.0 Å². The van der Waals surface area contributed by atoms with Crippen LogP contribution in [-0.2, 0) is 5.41 Å². The Bertz CT molecular complexity index is 870. The van der Waals surface area contributed by atoms with Gasteiger partial charge in [-0.05, 0) is 43.0 Å². The Balaban J connectivity index is 2.36. The van der Waals surface area contributed by atoms with Crippen molar-refractivity contribution in [2.24, 2.45) is 0 Å². The van der Waals surface area contributed by atoms with Crippen molar-refractivity contribution < 1.29 is 9.72 Å². The number of anilines is 2. The summed E-state index contributed by atoms with van der Waals surface area (Å²) in [5.41, 5.74) is 2.31. The molecule has 0 saturated carbocycles. The third-order valence-corrected chi connectivity index (χ3v) is 4.94. The number of halogens is 1. The van der Waals surface area contributed by atoms with E-state index in [2.05, 4.69) is 26.1 Å². The van der Waals surface area contributed by atoms with E-state index in [1.54, 1.807) is 18.2 Å². The SMILES string of the molecule is CCN(CC)c1cc(NC(=O)c2ccc(C(C)(C)C)cc2)c(Cl)cc1[N+](=O)[O-]. The molecule has 0 aliphatic rings. The summed E-state index contributed by atoms with van der Waals surface area (Å²) in [5, 5.41) is 14.3. The summed E-state index contributed by atoms with van der Waals surface area (Å²) in [6.07, 6.45) is 0. The highest BCUT2D eigenvalue weighted by Crippen LogP contribution is 2.37. The third-order valence-electron chi connectivity index (χ3n) is 4.63. The number of carbonyl (C=O) groups excluding carboxylic acids is 1. The van der Waals surface area contributed by atoms with Crippen LogP contribution in [0.5, 0.6) is 0 Å². The van der Waals surface area contributed by atoms with Crippen LogP contribution in [-0.4, -0.2) is 23.9 Å². The Hall–Kier alpha value is -2.60. The first-order chi connectivity index (χ1) is 13.1. The molecule has 1 N–H and O–H groups in total. The first-order valence-corrected chi connectivity index (χ1v) is 9.61. The third kappa shape index (κ3) is 4.81. The highest BCUT2D eigenvalue weighted by Gasteiger charge is 2.22. The van der Waals surface area contributed by atoms with Crippen LogP contribution in [0.4, 0.5) is 17.1 Å². The standard InChI is InChI=1S/C21H26ClN3O3/c1-6-24(7-2)18-13-17(16(22)12-19(18)25(27)28)23-20(26)14-8-10-15(11-9-14)21(3,4)5/h8-13H,6-7H2,1-5H3,(H,23,26). The van der Waals surface area contributed by atoms with Crippen LogP contribution in [0.3, 0.4) is 0 Å². The summed E-state index contributed by atoms with van der Waals surface area (Å²) in [7, 11) is 0. The number of nitrogens with one attached hydrogen (secondary N) is 1. The average Bonchev–Trinajstić information content (AvgIpc) is 2.64. The van der Waals surface area contributed by atoms with Crippen LogP contribution in [0.25, 0.3) is 0 Å². The van der Waals surface area contributed by atoms with Crippen molar-refractivity contribution >= 4 is 34.6 Å². The van der Waals surface area contributed by atoms with E-state index >= 15 is 0 Å². The monoisotopic (exact) mass is 403 g/mol. The topological polar surface area (TPSA) is 75.5 Å². The second-order valence-corrected chi connectivity index (χ2v) is 7.94. The molecule has 0 heterocycles. The van der Waals surface area contributed by atoms with Crippen LogP contribution in [0.15, 0.2) is 36.4 Å². The van der Waals surface area contributed by atoms with Crippen molar-refractivity contribution in [2.45, 2.75) is 40.0 Å². The van der Waals surface area contributed by atoms with Crippen molar-refractivity contribution in [1.29, 1.82) is 0 Å². The average molecular weight is 404 g/mol. The molecule has 2 aromatic carbocycles. The Labute approximate surface area is 170 Å². The largest absolute Gasteiger partial charge is 0.366 e. The Morgan fingerprint density at radius 2 is 1.71 bits per heavy atom. The quantitative estimate of drug-likeness (QED) is 0.499. The van der Waals surface area contributed by atoms with E-state index < -0.39 is 4.92 Å². The molecule has 2 aromatic rings.